The molecule has 0 bridgehead atoms. The molecule has 1 fully saturated rings. The summed E-state index contributed by atoms with van der Waals surface area (Å²) in [6.07, 6.45) is 0.721. The van der Waals surface area contributed by atoms with Gasteiger partial charge in [0.1, 0.15) is 5.69 Å². The van der Waals surface area contributed by atoms with E-state index in [0.29, 0.717) is 35.2 Å². The van der Waals surface area contributed by atoms with Crippen LogP contribution >= 0.6 is 0 Å². The highest BCUT2D eigenvalue weighted by Crippen LogP contribution is 2.35. The largest absolute Gasteiger partial charge is 0.347 e. The van der Waals surface area contributed by atoms with Crippen molar-refractivity contribution >= 4 is 33.5 Å². The molecule has 0 unspecified atom stereocenters. The molecule has 1 amide bonds. The van der Waals surface area contributed by atoms with Crippen LogP contribution in [0.15, 0.2) is 47.3 Å². The predicted molar refractivity (Wildman–Crippen MR) is 115 cm³/mol. The van der Waals surface area contributed by atoms with E-state index in [1.807, 2.05) is 0 Å². The van der Waals surface area contributed by atoms with E-state index in [4.69, 9.17) is 5.73 Å². The second-order valence-corrected chi connectivity index (χ2v) is 7.60. The summed E-state index contributed by atoms with van der Waals surface area (Å²) in [7, 11) is 0. The minimum atomic E-state index is -0.565. The maximum absolute atomic E-state index is 12.8. The summed E-state index contributed by atoms with van der Waals surface area (Å²) in [5, 5.41) is 12.2. The van der Waals surface area contributed by atoms with Crippen molar-refractivity contribution in [1.82, 2.24) is 19.9 Å². The summed E-state index contributed by atoms with van der Waals surface area (Å²) in [6.45, 7) is 1.00. The van der Waals surface area contributed by atoms with Gasteiger partial charge in [-0.2, -0.15) is 0 Å². The Morgan fingerprint density at radius 1 is 1.19 bits per heavy atom. The number of nitrogens with two attached hydrogens (primary N) is 1. The van der Waals surface area contributed by atoms with Crippen LogP contribution in [0.25, 0.3) is 33.3 Å². The number of fused-ring (bicyclic) bond motifs is 2. The number of hydrogen-bond donors (Lipinski definition) is 3. The van der Waals surface area contributed by atoms with Crippen molar-refractivity contribution in [2.24, 2.45) is 5.73 Å². The normalized spacial score (nSPS) is 16.3. The van der Waals surface area contributed by atoms with Gasteiger partial charge in [-0.05, 0) is 36.8 Å². The third kappa shape index (κ3) is 3.13. The summed E-state index contributed by atoms with van der Waals surface area (Å²) in [6, 6.07) is 11.6. The molecule has 4 N–H and O–H groups in total. The number of hydrogen-bond acceptors (Lipinski definition) is 6. The predicted octanol–water partition coefficient (Wildman–Crippen LogP) is 2.15. The maximum Gasteiger partial charge on any atom is 0.304 e. The highest BCUT2D eigenvalue weighted by Gasteiger charge is 2.29. The van der Waals surface area contributed by atoms with Gasteiger partial charge in [0.15, 0.2) is 5.69 Å². The first kappa shape index (κ1) is 18.9. The Morgan fingerprint density at radius 2 is 2.00 bits per heavy atom. The smallest absolute Gasteiger partial charge is 0.304 e. The van der Waals surface area contributed by atoms with Gasteiger partial charge in [0.2, 0.25) is 0 Å². The van der Waals surface area contributed by atoms with E-state index in [1.165, 1.54) is 6.07 Å². The minimum absolute atomic E-state index is 0.000188. The molecular formula is C21H18N6O4. The highest BCUT2D eigenvalue weighted by molar-refractivity contribution is 6.03. The van der Waals surface area contributed by atoms with Gasteiger partial charge in [-0.15, -0.1) is 0 Å². The number of para-hydroxylation sites is 2. The lowest BCUT2D eigenvalue weighted by Crippen LogP contribution is -2.31. The number of rotatable bonds is 3. The van der Waals surface area contributed by atoms with Crippen molar-refractivity contribution in [3.63, 3.8) is 0 Å². The van der Waals surface area contributed by atoms with E-state index in [2.05, 4.69) is 15.0 Å². The number of nitro groups is 1. The molecule has 2 aromatic carbocycles. The molecular weight excluding hydrogens is 400 g/mol. The molecule has 1 atom stereocenters. The fraction of sp³-hybridized carbons (Fsp3) is 0.190. The molecule has 31 heavy (non-hydrogen) atoms. The first-order valence-corrected chi connectivity index (χ1v) is 9.77. The van der Waals surface area contributed by atoms with Crippen LogP contribution in [0.4, 0.5) is 5.69 Å². The van der Waals surface area contributed by atoms with E-state index in [0.717, 1.165) is 6.42 Å². The van der Waals surface area contributed by atoms with Gasteiger partial charge >= 0.3 is 5.69 Å². The second-order valence-electron chi connectivity index (χ2n) is 7.60. The van der Waals surface area contributed by atoms with Crippen molar-refractivity contribution in [2.75, 3.05) is 13.1 Å². The Morgan fingerprint density at radius 3 is 2.74 bits per heavy atom. The monoisotopic (exact) mass is 418 g/mol. The number of nitrogens with zero attached hydrogens (tertiary/aromatic N) is 3. The number of carbonyl (C=O) groups is 1. The fourth-order valence-corrected chi connectivity index (χ4v) is 4.03. The number of likely N-dealkylation sites (tertiary alicyclic amines) is 1. The molecule has 1 aliphatic rings. The van der Waals surface area contributed by atoms with Crippen LogP contribution in [-0.4, -0.2) is 49.8 Å². The number of carbonyl (C=O) groups excluding carboxylic acids is 1. The number of aromatic amines is 2. The Balaban J connectivity index is 1.67. The van der Waals surface area contributed by atoms with Crippen molar-refractivity contribution in [3.8, 4) is 11.4 Å². The average molecular weight is 418 g/mol. The Labute approximate surface area is 174 Å². The molecule has 4 aromatic rings. The number of amides is 1. The standard InChI is InChI=1S/C21H18N6O4/c22-12-7-8-26(10-12)21(29)11-5-6-14-13(9-11)19(27(30)31)17(23-14)18-20(28)25-16-4-2-1-3-15(16)24-18/h1-6,9,12,23H,7-8,10,22H2,(H,25,28)/t12-/m1/s1. The number of H-pyrrole nitrogens is 2. The maximum atomic E-state index is 12.8. The van der Waals surface area contributed by atoms with Crippen LogP contribution in [0.3, 0.4) is 0 Å². The van der Waals surface area contributed by atoms with Crippen LogP contribution in [0.5, 0.6) is 0 Å². The van der Waals surface area contributed by atoms with E-state index < -0.39 is 10.5 Å². The SMILES string of the molecule is N[C@@H]1CCN(C(=O)c2ccc3[nH]c(-c4nc5ccccc5[nH]c4=O)c([N+](=O)[O-])c3c2)C1. The zero-order valence-corrected chi connectivity index (χ0v) is 16.3. The summed E-state index contributed by atoms with van der Waals surface area (Å²) >= 11 is 0. The van der Waals surface area contributed by atoms with Crippen molar-refractivity contribution in [3.05, 3.63) is 68.5 Å². The van der Waals surface area contributed by atoms with Gasteiger partial charge in [0.05, 0.1) is 26.9 Å². The Hall–Kier alpha value is -4.05. The Kier molecular flexibility index (Phi) is 4.29. The molecule has 3 heterocycles. The molecule has 0 saturated carbocycles. The van der Waals surface area contributed by atoms with E-state index in [1.54, 1.807) is 41.3 Å². The van der Waals surface area contributed by atoms with Gasteiger partial charge in [-0.1, -0.05) is 12.1 Å². The molecule has 10 nitrogen and oxygen atoms in total. The minimum Gasteiger partial charge on any atom is -0.347 e. The van der Waals surface area contributed by atoms with Gasteiger partial charge < -0.3 is 20.6 Å². The molecule has 2 aromatic heterocycles. The molecule has 0 radical (unpaired) electrons. The van der Waals surface area contributed by atoms with Gasteiger partial charge in [0.25, 0.3) is 11.5 Å². The molecule has 0 spiro atoms. The highest BCUT2D eigenvalue weighted by atomic mass is 16.6. The lowest BCUT2D eigenvalue weighted by atomic mass is 10.1. The van der Waals surface area contributed by atoms with Gasteiger partial charge in [0, 0.05) is 24.7 Å². The quantitative estimate of drug-likeness (QED) is 0.342. The molecule has 10 heteroatoms. The van der Waals surface area contributed by atoms with Crippen LogP contribution in [0.2, 0.25) is 0 Å². The Bertz CT molecular complexity index is 1420. The fourth-order valence-electron chi connectivity index (χ4n) is 4.03. The third-order valence-electron chi connectivity index (χ3n) is 5.55. The van der Waals surface area contributed by atoms with E-state index in [-0.39, 0.29) is 34.4 Å². The van der Waals surface area contributed by atoms with Gasteiger partial charge in [-0.25, -0.2) is 4.98 Å². The van der Waals surface area contributed by atoms with Crippen LogP contribution in [0, 0.1) is 10.1 Å². The van der Waals surface area contributed by atoms with Crippen molar-refractivity contribution in [2.45, 2.75) is 12.5 Å². The molecule has 0 aliphatic carbocycles. The topological polar surface area (TPSA) is 151 Å². The zero-order chi connectivity index (χ0) is 21.7. The number of aromatic nitrogens is 3. The lowest BCUT2D eigenvalue weighted by Gasteiger charge is -2.15. The first-order chi connectivity index (χ1) is 14.9. The zero-order valence-electron chi connectivity index (χ0n) is 16.3. The molecule has 1 saturated heterocycles. The number of benzene rings is 2. The summed E-state index contributed by atoms with van der Waals surface area (Å²) < 4.78 is 0. The van der Waals surface area contributed by atoms with Crippen LogP contribution in [0.1, 0.15) is 16.8 Å². The van der Waals surface area contributed by atoms with Crippen LogP contribution < -0.4 is 11.3 Å². The second kappa shape index (κ2) is 7.03. The van der Waals surface area contributed by atoms with Crippen molar-refractivity contribution in [1.29, 1.82) is 0 Å². The molecule has 1 aliphatic heterocycles. The van der Waals surface area contributed by atoms with Crippen LogP contribution in [-0.2, 0) is 0 Å². The van der Waals surface area contributed by atoms with Gasteiger partial charge in [-0.3, -0.25) is 19.7 Å². The first-order valence-electron chi connectivity index (χ1n) is 9.77. The number of nitrogens with one attached hydrogen (secondary N) is 2. The molecule has 156 valence electrons. The average Bonchev–Trinajstić information content (AvgIpc) is 3.35. The molecule has 5 rings (SSSR count). The van der Waals surface area contributed by atoms with E-state index in [9.17, 15) is 19.7 Å². The summed E-state index contributed by atoms with van der Waals surface area (Å²) in [5.41, 5.74) is 6.77. The third-order valence-corrected chi connectivity index (χ3v) is 5.55. The summed E-state index contributed by atoms with van der Waals surface area (Å²) in [5.74, 6) is -0.228. The lowest BCUT2D eigenvalue weighted by molar-refractivity contribution is -0.382. The van der Waals surface area contributed by atoms with Crippen molar-refractivity contribution < 1.29 is 9.72 Å². The summed E-state index contributed by atoms with van der Waals surface area (Å²) in [4.78, 5) is 48.5. The van der Waals surface area contributed by atoms with E-state index >= 15 is 0 Å².